The van der Waals surface area contributed by atoms with E-state index < -0.39 is 0 Å². The molecule has 0 saturated heterocycles. The van der Waals surface area contributed by atoms with Crippen molar-refractivity contribution in [2.24, 2.45) is 0 Å². The van der Waals surface area contributed by atoms with Gasteiger partial charge in [0.2, 0.25) is 0 Å². The topological polar surface area (TPSA) is 26.3 Å². The lowest BCUT2D eigenvalue weighted by atomic mass is 10.0. The second-order valence-electron chi connectivity index (χ2n) is 3.72. The summed E-state index contributed by atoms with van der Waals surface area (Å²) in [6.07, 6.45) is 3.45. The highest BCUT2D eigenvalue weighted by Gasteiger charge is 2.09. The van der Waals surface area contributed by atoms with E-state index in [2.05, 4.69) is 53.8 Å². The number of aryl methyl sites for hydroxylation is 1. The minimum atomic E-state index is -0.113. The van der Waals surface area contributed by atoms with Crippen LogP contribution in [0.2, 0.25) is 0 Å². The van der Waals surface area contributed by atoms with Gasteiger partial charge in [0.25, 0.3) is 6.47 Å². The highest BCUT2D eigenvalue weighted by molar-refractivity contribution is 14.1. The second kappa shape index (κ2) is 7.65. The van der Waals surface area contributed by atoms with Gasteiger partial charge in [0, 0.05) is 4.43 Å². The summed E-state index contributed by atoms with van der Waals surface area (Å²) >= 11 is 2.22. The Balaban J connectivity index is 2.65. The van der Waals surface area contributed by atoms with E-state index in [1.807, 2.05) is 0 Å². The number of alkyl halides is 1. The third-order valence-electron chi connectivity index (χ3n) is 2.53. The van der Waals surface area contributed by atoms with Crippen LogP contribution in [0.4, 0.5) is 0 Å². The molecule has 88 valence electrons. The van der Waals surface area contributed by atoms with Gasteiger partial charge in [-0.2, -0.15) is 0 Å². The molecular formula is C13H17IO2. The van der Waals surface area contributed by atoms with Gasteiger partial charge in [-0.05, 0) is 24.0 Å². The quantitative estimate of drug-likeness (QED) is 0.433. The molecule has 0 aromatic heterocycles. The molecule has 0 heterocycles. The van der Waals surface area contributed by atoms with Crippen molar-refractivity contribution in [2.45, 2.75) is 32.3 Å². The lowest BCUT2D eigenvalue weighted by Crippen LogP contribution is -2.04. The minimum absolute atomic E-state index is 0.113. The monoisotopic (exact) mass is 332 g/mol. The first-order chi connectivity index (χ1) is 7.81. The number of hydrogen-bond acceptors (Lipinski definition) is 2. The van der Waals surface area contributed by atoms with E-state index in [4.69, 9.17) is 4.74 Å². The molecule has 0 saturated carbocycles. The number of benzene rings is 1. The van der Waals surface area contributed by atoms with Crippen molar-refractivity contribution >= 4 is 29.1 Å². The van der Waals surface area contributed by atoms with Gasteiger partial charge in [0.1, 0.15) is 6.10 Å². The largest absolute Gasteiger partial charge is 0.459 e. The number of carbonyl (C=O) groups is 1. The van der Waals surface area contributed by atoms with E-state index in [-0.39, 0.29) is 6.10 Å². The smallest absolute Gasteiger partial charge is 0.293 e. The zero-order valence-corrected chi connectivity index (χ0v) is 11.6. The number of hydrogen-bond donors (Lipinski definition) is 0. The maximum atomic E-state index is 10.3. The van der Waals surface area contributed by atoms with Crippen LogP contribution in [-0.2, 0) is 16.0 Å². The van der Waals surface area contributed by atoms with Crippen LogP contribution >= 0.6 is 22.6 Å². The van der Waals surface area contributed by atoms with Gasteiger partial charge in [0.05, 0.1) is 0 Å². The molecular weight excluding hydrogens is 315 g/mol. The lowest BCUT2D eigenvalue weighted by Gasteiger charge is -2.12. The number of halogens is 1. The molecule has 1 unspecified atom stereocenters. The van der Waals surface area contributed by atoms with Crippen LogP contribution in [-0.4, -0.2) is 10.9 Å². The molecule has 2 nitrogen and oxygen atoms in total. The summed E-state index contributed by atoms with van der Waals surface area (Å²) in [5.74, 6) is 0. The Hall–Kier alpha value is -0.580. The summed E-state index contributed by atoms with van der Waals surface area (Å²) < 4.78 is 5.79. The van der Waals surface area contributed by atoms with Crippen molar-refractivity contribution in [3.63, 3.8) is 0 Å². The molecule has 0 bridgehead atoms. The van der Waals surface area contributed by atoms with E-state index in [0.29, 0.717) is 6.47 Å². The van der Waals surface area contributed by atoms with Gasteiger partial charge in [-0.1, -0.05) is 60.2 Å². The molecule has 0 aliphatic heterocycles. The van der Waals surface area contributed by atoms with Crippen molar-refractivity contribution < 1.29 is 9.53 Å². The second-order valence-corrected chi connectivity index (χ2v) is 4.60. The van der Waals surface area contributed by atoms with E-state index in [1.54, 1.807) is 0 Å². The van der Waals surface area contributed by atoms with Crippen molar-refractivity contribution in [3.8, 4) is 0 Å². The maximum absolute atomic E-state index is 10.3. The highest BCUT2D eigenvalue weighted by Crippen LogP contribution is 2.20. The van der Waals surface area contributed by atoms with E-state index in [0.717, 1.165) is 16.4 Å². The first-order valence-electron chi connectivity index (χ1n) is 5.55. The average molecular weight is 332 g/mol. The fourth-order valence-corrected chi connectivity index (χ4v) is 2.27. The van der Waals surface area contributed by atoms with Crippen molar-refractivity contribution in [3.05, 3.63) is 35.4 Å². The third-order valence-corrected chi connectivity index (χ3v) is 3.33. The van der Waals surface area contributed by atoms with Gasteiger partial charge in [-0.25, -0.2) is 0 Å². The zero-order chi connectivity index (χ0) is 11.8. The van der Waals surface area contributed by atoms with Crippen LogP contribution in [0, 0.1) is 0 Å². The van der Waals surface area contributed by atoms with E-state index in [1.165, 1.54) is 18.4 Å². The Labute approximate surface area is 111 Å². The summed E-state index contributed by atoms with van der Waals surface area (Å²) in [7, 11) is 0. The maximum Gasteiger partial charge on any atom is 0.293 e. The highest BCUT2D eigenvalue weighted by atomic mass is 127. The number of rotatable bonds is 7. The molecule has 1 atom stereocenters. The van der Waals surface area contributed by atoms with Gasteiger partial charge >= 0.3 is 0 Å². The number of carbonyl (C=O) groups excluding carboxylic acids is 1. The SMILES string of the molecule is CCCCc1ccc(C(CI)OC=O)cc1. The first kappa shape index (κ1) is 13.5. The van der Waals surface area contributed by atoms with Gasteiger partial charge < -0.3 is 4.74 Å². The number of ether oxygens (including phenoxy) is 1. The Morgan fingerprint density at radius 1 is 1.38 bits per heavy atom. The third kappa shape index (κ3) is 4.12. The Morgan fingerprint density at radius 3 is 2.56 bits per heavy atom. The molecule has 0 aliphatic rings. The van der Waals surface area contributed by atoms with Gasteiger partial charge in [-0.15, -0.1) is 0 Å². The van der Waals surface area contributed by atoms with Gasteiger partial charge in [-0.3, -0.25) is 4.79 Å². The Kier molecular flexibility index (Phi) is 6.45. The average Bonchev–Trinajstić information content (AvgIpc) is 2.34. The van der Waals surface area contributed by atoms with Gasteiger partial charge in [0.15, 0.2) is 0 Å². The molecule has 0 aliphatic carbocycles. The minimum Gasteiger partial charge on any atom is -0.459 e. The summed E-state index contributed by atoms with van der Waals surface area (Å²) in [5, 5.41) is 0. The van der Waals surface area contributed by atoms with Crippen LogP contribution in [0.25, 0.3) is 0 Å². The van der Waals surface area contributed by atoms with Crippen LogP contribution in [0.1, 0.15) is 37.0 Å². The molecule has 16 heavy (non-hydrogen) atoms. The van der Waals surface area contributed by atoms with E-state index in [9.17, 15) is 4.79 Å². The summed E-state index contributed by atoms with van der Waals surface area (Å²) in [6, 6.07) is 8.35. The Bertz CT molecular complexity index is 308. The fourth-order valence-electron chi connectivity index (χ4n) is 1.55. The molecule has 1 aromatic rings. The normalized spacial score (nSPS) is 12.1. The molecule has 0 radical (unpaired) electrons. The molecule has 0 fully saturated rings. The molecule has 0 N–H and O–H groups in total. The Morgan fingerprint density at radius 2 is 2.06 bits per heavy atom. The first-order valence-corrected chi connectivity index (χ1v) is 7.08. The van der Waals surface area contributed by atoms with Crippen molar-refractivity contribution in [1.29, 1.82) is 0 Å². The standard InChI is InChI=1S/C13H17IO2/c1-2-3-4-11-5-7-12(8-6-11)13(9-14)16-10-15/h5-8,10,13H,2-4,9H2,1H3. The summed E-state index contributed by atoms with van der Waals surface area (Å²) in [6.45, 7) is 2.72. The van der Waals surface area contributed by atoms with Crippen LogP contribution in [0.5, 0.6) is 0 Å². The van der Waals surface area contributed by atoms with Crippen LogP contribution in [0.15, 0.2) is 24.3 Å². The predicted octanol–water partition coefficient (Wildman–Crippen LogP) is 3.68. The summed E-state index contributed by atoms with van der Waals surface area (Å²) in [4.78, 5) is 10.3. The molecule has 1 aromatic carbocycles. The fraction of sp³-hybridized carbons (Fsp3) is 0.462. The molecule has 1 rings (SSSR count). The van der Waals surface area contributed by atoms with Crippen molar-refractivity contribution in [2.75, 3.05) is 4.43 Å². The molecule has 0 amide bonds. The van der Waals surface area contributed by atoms with E-state index >= 15 is 0 Å². The van der Waals surface area contributed by atoms with Crippen molar-refractivity contribution in [1.82, 2.24) is 0 Å². The van der Waals surface area contributed by atoms with Crippen LogP contribution in [0.3, 0.4) is 0 Å². The number of unbranched alkanes of at least 4 members (excludes halogenated alkanes) is 1. The predicted molar refractivity (Wildman–Crippen MR) is 73.8 cm³/mol. The summed E-state index contributed by atoms with van der Waals surface area (Å²) in [5.41, 5.74) is 2.42. The molecule has 3 heteroatoms. The van der Waals surface area contributed by atoms with Crippen LogP contribution < -0.4 is 0 Å². The molecule has 0 spiro atoms. The lowest BCUT2D eigenvalue weighted by molar-refractivity contribution is -0.132. The zero-order valence-electron chi connectivity index (χ0n) is 9.49.